The van der Waals surface area contributed by atoms with Gasteiger partial charge in [-0.05, 0) is 57.0 Å². The maximum atomic E-state index is 14.1. The minimum atomic E-state index is -1.46. The molecule has 0 spiro atoms. The van der Waals surface area contributed by atoms with Crippen LogP contribution in [0.1, 0.15) is 53.7 Å². The number of para-hydroxylation sites is 2. The number of ketones is 1. The number of rotatable bonds is 2. The van der Waals surface area contributed by atoms with Crippen molar-refractivity contribution in [3.63, 3.8) is 0 Å². The van der Waals surface area contributed by atoms with Crippen molar-refractivity contribution in [3.8, 4) is 11.5 Å². The van der Waals surface area contributed by atoms with Crippen LogP contribution < -0.4 is 4.74 Å². The number of halogens is 1. The zero-order valence-corrected chi connectivity index (χ0v) is 18.9. The van der Waals surface area contributed by atoms with Crippen molar-refractivity contribution < 1.29 is 19.1 Å². The lowest BCUT2D eigenvalue weighted by atomic mass is 9.65. The largest absolute Gasteiger partial charge is 0.459 e. The minimum absolute atomic E-state index is 0.237. The minimum Gasteiger partial charge on any atom is -0.459 e. The van der Waals surface area contributed by atoms with Crippen LogP contribution in [-0.2, 0) is 16.0 Å². The van der Waals surface area contributed by atoms with Gasteiger partial charge in [0.25, 0.3) is 0 Å². The van der Waals surface area contributed by atoms with Crippen LogP contribution in [0, 0.1) is 5.41 Å². The first-order chi connectivity index (χ1) is 15.2. The number of Topliss-reactive ketones (excluding diaryl/α,β-unsaturated/α-hetero) is 1. The van der Waals surface area contributed by atoms with Crippen molar-refractivity contribution in [3.05, 3.63) is 94.0 Å². The lowest BCUT2D eigenvalue weighted by Gasteiger charge is -2.39. The topological polar surface area (TPSA) is 52.6 Å². The van der Waals surface area contributed by atoms with E-state index in [-0.39, 0.29) is 12.2 Å². The molecule has 0 amide bonds. The summed E-state index contributed by atoms with van der Waals surface area (Å²) in [7, 11) is 0. The van der Waals surface area contributed by atoms with Crippen molar-refractivity contribution in [2.24, 2.45) is 5.41 Å². The molecule has 162 valence electrons. The number of benzene rings is 3. The second kappa shape index (κ2) is 7.21. The van der Waals surface area contributed by atoms with Gasteiger partial charge in [-0.2, -0.15) is 0 Å². The molecule has 32 heavy (non-hydrogen) atoms. The van der Waals surface area contributed by atoms with Crippen molar-refractivity contribution >= 4 is 23.4 Å². The van der Waals surface area contributed by atoms with E-state index >= 15 is 0 Å². The Balaban J connectivity index is 1.79. The molecule has 1 aliphatic heterocycles. The highest BCUT2D eigenvalue weighted by atomic mass is 35.5. The smallest absolute Gasteiger partial charge is 0.321 e. The second-order valence-electron chi connectivity index (χ2n) is 9.39. The molecule has 0 radical (unpaired) electrons. The Kier molecular flexibility index (Phi) is 4.68. The van der Waals surface area contributed by atoms with E-state index in [1.165, 1.54) is 0 Å². The number of fused-ring (bicyclic) bond motifs is 3. The number of ether oxygens (including phenoxy) is 2. The van der Waals surface area contributed by atoms with Crippen LogP contribution >= 0.6 is 11.6 Å². The molecule has 3 aromatic carbocycles. The molecular weight excluding hydrogens is 424 g/mol. The summed E-state index contributed by atoms with van der Waals surface area (Å²) in [6.45, 7) is 5.44. The van der Waals surface area contributed by atoms with Crippen molar-refractivity contribution in [1.29, 1.82) is 0 Å². The Morgan fingerprint density at radius 2 is 1.59 bits per heavy atom. The van der Waals surface area contributed by atoms with Crippen LogP contribution in [0.3, 0.4) is 0 Å². The molecule has 1 atom stereocenters. The number of hydrogen-bond acceptors (Lipinski definition) is 4. The van der Waals surface area contributed by atoms with Crippen LogP contribution in [0.4, 0.5) is 0 Å². The summed E-state index contributed by atoms with van der Waals surface area (Å²) in [5, 5.41) is 0.463. The van der Waals surface area contributed by atoms with E-state index in [0.717, 1.165) is 16.7 Å². The molecule has 3 aromatic rings. The number of carbonyl (C=O) groups is 2. The first-order valence-electron chi connectivity index (χ1n) is 10.6. The summed E-state index contributed by atoms with van der Waals surface area (Å²) in [6, 6.07) is 20.4. The molecule has 5 heteroatoms. The standard InChI is InChI=1S/C27H23ClO4/c1-26(2,3)32-25(30)27(15-16-12-13-17(28)14-20(16)24(27)29)23-18-8-4-6-10-21(18)31-22-11-7-5-9-19(22)23/h4-14,23H,15H2,1-3H3/t27-/m1/s1. The van der Waals surface area contributed by atoms with Gasteiger partial charge in [-0.25, -0.2) is 0 Å². The van der Waals surface area contributed by atoms with E-state index in [1.807, 2.05) is 75.4 Å². The zero-order chi connectivity index (χ0) is 22.7. The van der Waals surface area contributed by atoms with E-state index in [0.29, 0.717) is 22.1 Å². The maximum Gasteiger partial charge on any atom is 0.321 e. The SMILES string of the molecule is CC(C)(C)OC(=O)[C@@]1(C2c3ccccc3Oc3ccccc32)Cc2ccc(Cl)cc2C1=O. The molecule has 0 aromatic heterocycles. The van der Waals surface area contributed by atoms with Gasteiger partial charge in [-0.1, -0.05) is 54.1 Å². The summed E-state index contributed by atoms with van der Waals surface area (Å²) in [5.74, 6) is -0.0707. The first-order valence-corrected chi connectivity index (χ1v) is 11.0. The fourth-order valence-corrected chi connectivity index (χ4v) is 5.03. The molecular formula is C27H23ClO4. The molecule has 0 N–H and O–H groups in total. The maximum absolute atomic E-state index is 14.1. The van der Waals surface area contributed by atoms with Gasteiger partial charge in [-0.15, -0.1) is 0 Å². The van der Waals surface area contributed by atoms with Gasteiger partial charge in [0.05, 0.1) is 0 Å². The normalized spacial score (nSPS) is 19.6. The Bertz CT molecular complexity index is 1210. The summed E-state index contributed by atoms with van der Waals surface area (Å²) in [6.07, 6.45) is 0.237. The Morgan fingerprint density at radius 3 is 2.19 bits per heavy atom. The van der Waals surface area contributed by atoms with Crippen LogP contribution in [0.5, 0.6) is 11.5 Å². The molecule has 0 fully saturated rings. The highest BCUT2D eigenvalue weighted by Crippen LogP contribution is 2.57. The lowest BCUT2D eigenvalue weighted by molar-refractivity contribution is -0.165. The monoisotopic (exact) mass is 446 g/mol. The summed E-state index contributed by atoms with van der Waals surface area (Å²) in [5.41, 5.74) is 0.655. The summed E-state index contributed by atoms with van der Waals surface area (Å²) >= 11 is 6.23. The molecule has 0 saturated carbocycles. The average Bonchev–Trinajstić information content (AvgIpc) is 3.03. The van der Waals surface area contributed by atoms with E-state index in [2.05, 4.69) is 0 Å². The van der Waals surface area contributed by atoms with Gasteiger partial charge in [-0.3, -0.25) is 9.59 Å². The number of carbonyl (C=O) groups excluding carboxylic acids is 2. The van der Waals surface area contributed by atoms with Crippen molar-refractivity contribution in [2.45, 2.75) is 38.7 Å². The molecule has 0 bridgehead atoms. The van der Waals surface area contributed by atoms with Gasteiger partial charge in [0.15, 0.2) is 5.78 Å². The third-order valence-corrected chi connectivity index (χ3v) is 6.36. The van der Waals surface area contributed by atoms with E-state index < -0.39 is 22.9 Å². The van der Waals surface area contributed by atoms with Gasteiger partial charge in [0.1, 0.15) is 22.5 Å². The highest BCUT2D eigenvalue weighted by Gasteiger charge is 2.60. The van der Waals surface area contributed by atoms with Gasteiger partial charge in [0.2, 0.25) is 0 Å². The second-order valence-corrected chi connectivity index (χ2v) is 9.83. The van der Waals surface area contributed by atoms with Crippen LogP contribution in [-0.4, -0.2) is 17.4 Å². The quantitative estimate of drug-likeness (QED) is 0.340. The van der Waals surface area contributed by atoms with E-state index in [1.54, 1.807) is 12.1 Å². The summed E-state index contributed by atoms with van der Waals surface area (Å²) in [4.78, 5) is 28.1. The molecule has 0 unspecified atom stereocenters. The predicted octanol–water partition coefficient (Wildman–Crippen LogP) is 6.34. The molecule has 5 rings (SSSR count). The van der Waals surface area contributed by atoms with Crippen molar-refractivity contribution in [2.75, 3.05) is 0 Å². The van der Waals surface area contributed by atoms with Gasteiger partial charge < -0.3 is 9.47 Å². The fraction of sp³-hybridized carbons (Fsp3) is 0.259. The molecule has 0 saturated heterocycles. The Labute approximate surface area is 192 Å². The van der Waals surface area contributed by atoms with Crippen LogP contribution in [0.15, 0.2) is 66.7 Å². The predicted molar refractivity (Wildman–Crippen MR) is 123 cm³/mol. The third-order valence-electron chi connectivity index (χ3n) is 6.13. The van der Waals surface area contributed by atoms with Crippen LogP contribution in [0.25, 0.3) is 0 Å². The van der Waals surface area contributed by atoms with Gasteiger partial charge in [0, 0.05) is 27.6 Å². The molecule has 1 heterocycles. The first kappa shape index (κ1) is 20.8. The Hall–Kier alpha value is -3.11. The van der Waals surface area contributed by atoms with Crippen molar-refractivity contribution in [1.82, 2.24) is 0 Å². The van der Waals surface area contributed by atoms with Gasteiger partial charge >= 0.3 is 5.97 Å². The number of esters is 1. The molecule has 4 nitrogen and oxygen atoms in total. The zero-order valence-electron chi connectivity index (χ0n) is 18.1. The highest BCUT2D eigenvalue weighted by molar-refractivity contribution is 6.31. The number of hydrogen-bond donors (Lipinski definition) is 0. The van der Waals surface area contributed by atoms with E-state index in [4.69, 9.17) is 21.1 Å². The molecule has 1 aliphatic carbocycles. The molecule has 2 aliphatic rings. The van der Waals surface area contributed by atoms with E-state index in [9.17, 15) is 9.59 Å². The lowest BCUT2D eigenvalue weighted by Crippen LogP contribution is -2.47. The fourth-order valence-electron chi connectivity index (χ4n) is 4.86. The average molecular weight is 447 g/mol. The summed E-state index contributed by atoms with van der Waals surface area (Å²) < 4.78 is 12.0. The Morgan fingerprint density at radius 1 is 1.00 bits per heavy atom. The van der Waals surface area contributed by atoms with Crippen LogP contribution in [0.2, 0.25) is 5.02 Å². The third kappa shape index (κ3) is 3.13.